The molecule has 0 aliphatic heterocycles. The third-order valence-electron chi connectivity index (χ3n) is 8.93. The number of rotatable bonds is 11. The van der Waals surface area contributed by atoms with Crippen LogP contribution in [0.5, 0.6) is 0 Å². The SMILES string of the molecule is CC(CC(=O)N[C@@H](c1ccn2cc([C@@H](NC(=O)c3ncnn3CC3CC3)C3CCC(F)(F)CC3)nc2n1)C1CC1)C(F)(F)F. The quantitative estimate of drug-likeness (QED) is 0.285. The Kier molecular flexibility index (Phi) is 8.07. The second-order valence-corrected chi connectivity index (χ2v) is 12.6. The fourth-order valence-electron chi connectivity index (χ4n) is 5.87. The number of carbonyl (C=O) groups is 2. The molecule has 44 heavy (non-hydrogen) atoms. The number of alkyl halides is 5. The Morgan fingerprint density at radius 2 is 1.66 bits per heavy atom. The van der Waals surface area contributed by atoms with Gasteiger partial charge in [-0.1, -0.05) is 6.92 Å². The maximum absolute atomic E-state index is 14.1. The molecule has 15 heteroatoms. The van der Waals surface area contributed by atoms with Crippen molar-refractivity contribution in [3.05, 3.63) is 42.0 Å². The van der Waals surface area contributed by atoms with E-state index in [0.29, 0.717) is 23.9 Å². The van der Waals surface area contributed by atoms with Crippen molar-refractivity contribution in [3.63, 3.8) is 0 Å². The van der Waals surface area contributed by atoms with Crippen LogP contribution in [0.15, 0.2) is 24.8 Å². The second-order valence-electron chi connectivity index (χ2n) is 12.6. The lowest BCUT2D eigenvalue weighted by molar-refractivity contribution is -0.174. The van der Waals surface area contributed by atoms with E-state index in [2.05, 4.69) is 30.7 Å². The summed E-state index contributed by atoms with van der Waals surface area (Å²) in [5.41, 5.74) is 0.911. The average Bonchev–Trinajstić information content (AvgIpc) is 3.88. The zero-order valence-electron chi connectivity index (χ0n) is 24.2. The Morgan fingerprint density at radius 1 is 1.00 bits per heavy atom. The van der Waals surface area contributed by atoms with E-state index in [1.165, 1.54) is 6.33 Å². The monoisotopic (exact) mass is 622 g/mol. The molecular formula is C29H35F5N8O2. The summed E-state index contributed by atoms with van der Waals surface area (Å²) in [5.74, 6) is -5.11. The van der Waals surface area contributed by atoms with Gasteiger partial charge in [0.25, 0.3) is 5.91 Å². The number of amides is 2. The predicted molar refractivity (Wildman–Crippen MR) is 146 cm³/mol. The number of nitrogens with zero attached hydrogens (tertiary/aromatic N) is 6. The first kappa shape index (κ1) is 30.4. The molecule has 2 amide bonds. The first-order chi connectivity index (χ1) is 20.9. The van der Waals surface area contributed by atoms with Gasteiger partial charge in [-0.05, 0) is 62.3 Å². The van der Waals surface area contributed by atoms with Crippen molar-refractivity contribution < 1.29 is 31.5 Å². The number of nitrogens with one attached hydrogen (secondary N) is 2. The standard InChI is InChI=1S/C29H35F5N8O2/c1-16(29(32,33)34)12-22(43)39-23(18-4-5-18)20-8-11-41-14-21(38-27(41)37-20)24(19-6-9-28(30,31)10-7-19)40-26(44)25-35-15-36-42(25)13-17-2-3-17/h8,11,14-19,23-24H,2-7,9-10,12-13H2,1H3,(H,39,43)(H,40,44)/t16?,23-,24+/m1/s1. The van der Waals surface area contributed by atoms with Crippen LogP contribution in [0, 0.1) is 23.7 Å². The highest BCUT2D eigenvalue weighted by Crippen LogP contribution is 2.43. The van der Waals surface area contributed by atoms with Crippen molar-refractivity contribution >= 4 is 17.6 Å². The molecule has 0 bridgehead atoms. The Morgan fingerprint density at radius 3 is 2.32 bits per heavy atom. The van der Waals surface area contributed by atoms with Crippen molar-refractivity contribution in [1.82, 2.24) is 39.8 Å². The number of halogens is 5. The summed E-state index contributed by atoms with van der Waals surface area (Å²) in [4.78, 5) is 39.4. The van der Waals surface area contributed by atoms with Crippen molar-refractivity contribution in [2.75, 3.05) is 0 Å². The molecule has 3 saturated carbocycles. The smallest absolute Gasteiger partial charge is 0.347 e. The molecule has 3 aliphatic rings. The van der Waals surface area contributed by atoms with E-state index in [9.17, 15) is 31.5 Å². The van der Waals surface area contributed by atoms with Crippen LogP contribution in [0.3, 0.4) is 0 Å². The molecule has 3 aromatic heterocycles. The minimum atomic E-state index is -4.47. The summed E-state index contributed by atoms with van der Waals surface area (Å²) in [7, 11) is 0. The lowest BCUT2D eigenvalue weighted by atomic mass is 9.81. The maximum Gasteiger partial charge on any atom is 0.392 e. The molecule has 10 nitrogen and oxygen atoms in total. The highest BCUT2D eigenvalue weighted by molar-refractivity contribution is 5.90. The largest absolute Gasteiger partial charge is 0.392 e. The van der Waals surface area contributed by atoms with Crippen LogP contribution in [0.4, 0.5) is 22.0 Å². The lowest BCUT2D eigenvalue weighted by Crippen LogP contribution is -2.38. The van der Waals surface area contributed by atoms with Crippen molar-refractivity contribution in [3.8, 4) is 0 Å². The van der Waals surface area contributed by atoms with Crippen molar-refractivity contribution in [1.29, 1.82) is 0 Å². The van der Waals surface area contributed by atoms with E-state index in [4.69, 9.17) is 0 Å². The summed E-state index contributed by atoms with van der Waals surface area (Å²) in [6.45, 7) is 1.56. The third kappa shape index (κ3) is 7.01. The maximum atomic E-state index is 14.1. The molecule has 3 heterocycles. The van der Waals surface area contributed by atoms with Crippen molar-refractivity contribution in [2.24, 2.45) is 23.7 Å². The molecule has 0 radical (unpaired) electrons. The minimum Gasteiger partial charge on any atom is -0.347 e. The Hall–Kier alpha value is -3.65. The molecule has 0 aromatic carbocycles. The van der Waals surface area contributed by atoms with Gasteiger partial charge in [0.1, 0.15) is 6.33 Å². The Bertz CT molecular complexity index is 1500. The van der Waals surface area contributed by atoms with Crippen LogP contribution >= 0.6 is 0 Å². The average molecular weight is 623 g/mol. The number of fused-ring (bicyclic) bond motifs is 1. The predicted octanol–water partition coefficient (Wildman–Crippen LogP) is 5.18. The van der Waals surface area contributed by atoms with Crippen LogP contribution in [-0.4, -0.2) is 53.0 Å². The first-order valence-corrected chi connectivity index (χ1v) is 15.1. The molecule has 238 valence electrons. The fraction of sp³-hybridized carbons (Fsp3) is 0.655. The Balaban J connectivity index is 1.24. The molecule has 2 N–H and O–H groups in total. The highest BCUT2D eigenvalue weighted by atomic mass is 19.4. The summed E-state index contributed by atoms with van der Waals surface area (Å²) in [5, 5.41) is 9.91. The number of hydrogen-bond acceptors (Lipinski definition) is 6. The van der Waals surface area contributed by atoms with E-state index in [0.717, 1.165) is 32.6 Å². The summed E-state index contributed by atoms with van der Waals surface area (Å²) < 4.78 is 70.4. The third-order valence-corrected chi connectivity index (χ3v) is 8.93. The van der Waals surface area contributed by atoms with Gasteiger partial charge in [-0.15, -0.1) is 0 Å². The van der Waals surface area contributed by atoms with E-state index in [1.807, 2.05) is 0 Å². The Labute approximate surface area is 250 Å². The fourth-order valence-corrected chi connectivity index (χ4v) is 5.87. The molecule has 1 unspecified atom stereocenters. The molecule has 3 aromatic rings. The molecule has 0 saturated heterocycles. The van der Waals surface area contributed by atoms with Gasteiger partial charge >= 0.3 is 6.18 Å². The topological polar surface area (TPSA) is 119 Å². The van der Waals surface area contributed by atoms with Crippen LogP contribution < -0.4 is 10.6 Å². The zero-order chi connectivity index (χ0) is 31.2. The summed E-state index contributed by atoms with van der Waals surface area (Å²) in [6.07, 6.45) is 3.06. The molecule has 3 fully saturated rings. The number of imidazole rings is 1. The van der Waals surface area contributed by atoms with Crippen LogP contribution in [0.2, 0.25) is 0 Å². The minimum absolute atomic E-state index is 0.0495. The normalized spacial score (nSPS) is 21.1. The first-order valence-electron chi connectivity index (χ1n) is 15.1. The highest BCUT2D eigenvalue weighted by Gasteiger charge is 2.41. The van der Waals surface area contributed by atoms with Gasteiger partial charge in [0.05, 0.1) is 29.4 Å². The van der Waals surface area contributed by atoms with Crippen LogP contribution in [0.1, 0.15) is 98.8 Å². The number of hydrogen-bond donors (Lipinski definition) is 2. The van der Waals surface area contributed by atoms with Crippen LogP contribution in [-0.2, 0) is 11.3 Å². The van der Waals surface area contributed by atoms with Gasteiger partial charge in [-0.2, -0.15) is 18.3 Å². The molecule has 3 atom stereocenters. The van der Waals surface area contributed by atoms with Gasteiger partial charge in [-0.25, -0.2) is 28.4 Å². The van der Waals surface area contributed by atoms with Crippen LogP contribution in [0.25, 0.3) is 5.78 Å². The van der Waals surface area contributed by atoms with Gasteiger partial charge < -0.3 is 10.6 Å². The van der Waals surface area contributed by atoms with E-state index >= 15 is 0 Å². The lowest BCUT2D eigenvalue weighted by Gasteiger charge is -2.33. The van der Waals surface area contributed by atoms with Crippen molar-refractivity contribution in [2.45, 2.75) is 95.4 Å². The summed E-state index contributed by atoms with van der Waals surface area (Å²) in [6, 6.07) is 0.420. The van der Waals surface area contributed by atoms with E-state index in [-0.39, 0.29) is 49.1 Å². The van der Waals surface area contributed by atoms with Gasteiger partial charge in [0.2, 0.25) is 23.4 Å². The second kappa shape index (κ2) is 11.7. The summed E-state index contributed by atoms with van der Waals surface area (Å²) >= 11 is 0. The molecule has 6 rings (SSSR count). The molecular weight excluding hydrogens is 587 g/mol. The zero-order valence-corrected chi connectivity index (χ0v) is 24.2. The van der Waals surface area contributed by atoms with Gasteiger partial charge in [-0.3, -0.25) is 14.0 Å². The van der Waals surface area contributed by atoms with E-state index in [1.54, 1.807) is 27.5 Å². The van der Waals surface area contributed by atoms with Gasteiger partial charge in [0, 0.05) is 38.2 Å². The number of aromatic nitrogens is 6. The van der Waals surface area contributed by atoms with E-state index < -0.39 is 48.3 Å². The molecule has 3 aliphatic carbocycles. The van der Waals surface area contributed by atoms with Gasteiger partial charge in [0.15, 0.2) is 0 Å². The molecule has 0 spiro atoms. The number of carbonyl (C=O) groups excluding carboxylic acids is 2.